The molecule has 2 unspecified atom stereocenters. The third-order valence-electron chi connectivity index (χ3n) is 4.17. The van der Waals surface area contributed by atoms with E-state index in [2.05, 4.69) is 17.9 Å². The lowest BCUT2D eigenvalue weighted by Gasteiger charge is -2.22. The van der Waals surface area contributed by atoms with Crippen molar-refractivity contribution in [2.75, 3.05) is 32.2 Å². The fourth-order valence-electron chi connectivity index (χ4n) is 2.88. The monoisotopic (exact) mass is 278 g/mol. The predicted octanol–water partition coefficient (Wildman–Crippen LogP) is 2.66. The summed E-state index contributed by atoms with van der Waals surface area (Å²) in [6.07, 6.45) is 3.39. The topological polar surface area (TPSA) is 47.7 Å². The lowest BCUT2D eigenvalue weighted by atomic mass is 9.98. The van der Waals surface area contributed by atoms with Crippen LogP contribution in [-0.4, -0.2) is 33.4 Å². The van der Waals surface area contributed by atoms with Gasteiger partial charge < -0.3 is 20.1 Å². The van der Waals surface area contributed by atoms with Crippen LogP contribution in [0.3, 0.4) is 0 Å². The molecular formula is C16H26N2O2. The van der Waals surface area contributed by atoms with E-state index < -0.39 is 0 Å². The molecule has 1 fully saturated rings. The number of methoxy groups -OCH3 is 2. The zero-order chi connectivity index (χ0) is 14.5. The summed E-state index contributed by atoms with van der Waals surface area (Å²) >= 11 is 0. The maximum absolute atomic E-state index is 6.07. The van der Waals surface area contributed by atoms with Gasteiger partial charge in [0.1, 0.15) is 11.5 Å². The molecule has 2 rings (SSSR count). The lowest BCUT2D eigenvalue weighted by Crippen LogP contribution is -2.25. The van der Waals surface area contributed by atoms with E-state index in [4.69, 9.17) is 15.2 Å². The van der Waals surface area contributed by atoms with Crippen molar-refractivity contribution in [3.8, 4) is 11.5 Å². The Balaban J connectivity index is 2.06. The Morgan fingerprint density at radius 2 is 2.15 bits per heavy atom. The molecular weight excluding hydrogens is 252 g/mol. The van der Waals surface area contributed by atoms with Crippen LogP contribution in [0, 0.1) is 5.92 Å². The van der Waals surface area contributed by atoms with Crippen LogP contribution >= 0.6 is 0 Å². The lowest BCUT2D eigenvalue weighted by molar-refractivity contribution is 0.394. The van der Waals surface area contributed by atoms with Crippen LogP contribution in [0.15, 0.2) is 18.2 Å². The van der Waals surface area contributed by atoms with E-state index in [1.165, 1.54) is 6.42 Å². The van der Waals surface area contributed by atoms with Gasteiger partial charge in [-0.25, -0.2) is 0 Å². The van der Waals surface area contributed by atoms with Gasteiger partial charge in [-0.15, -0.1) is 0 Å². The largest absolute Gasteiger partial charge is 0.497 e. The van der Waals surface area contributed by atoms with Gasteiger partial charge in [0.2, 0.25) is 0 Å². The van der Waals surface area contributed by atoms with Gasteiger partial charge in [0.15, 0.2) is 0 Å². The van der Waals surface area contributed by atoms with Gasteiger partial charge in [0.25, 0.3) is 0 Å². The first-order valence-corrected chi connectivity index (χ1v) is 7.40. The van der Waals surface area contributed by atoms with Gasteiger partial charge in [-0.2, -0.15) is 0 Å². The molecule has 1 aliphatic rings. The molecule has 1 saturated heterocycles. The molecule has 4 nitrogen and oxygen atoms in total. The summed E-state index contributed by atoms with van der Waals surface area (Å²) in [5.74, 6) is 2.40. The third kappa shape index (κ3) is 3.37. The highest BCUT2D eigenvalue weighted by Gasteiger charge is 2.25. The SMILES string of the molecule is CCC(N)CC1CCN(c2ccc(OC)cc2OC)C1. The predicted molar refractivity (Wildman–Crippen MR) is 82.7 cm³/mol. The number of rotatable bonds is 6. The first-order chi connectivity index (χ1) is 9.67. The molecule has 0 saturated carbocycles. The van der Waals surface area contributed by atoms with Crippen molar-refractivity contribution in [1.82, 2.24) is 0 Å². The summed E-state index contributed by atoms with van der Waals surface area (Å²) < 4.78 is 10.7. The summed E-state index contributed by atoms with van der Waals surface area (Å²) in [5, 5.41) is 0. The van der Waals surface area contributed by atoms with Crippen molar-refractivity contribution in [1.29, 1.82) is 0 Å². The highest BCUT2D eigenvalue weighted by molar-refractivity contribution is 5.61. The van der Waals surface area contributed by atoms with Crippen LogP contribution in [-0.2, 0) is 0 Å². The van der Waals surface area contributed by atoms with Gasteiger partial charge in [-0.3, -0.25) is 0 Å². The second kappa shape index (κ2) is 6.84. The summed E-state index contributed by atoms with van der Waals surface area (Å²) in [7, 11) is 3.38. The number of nitrogens with zero attached hydrogens (tertiary/aromatic N) is 1. The van der Waals surface area contributed by atoms with E-state index in [-0.39, 0.29) is 0 Å². The zero-order valence-corrected chi connectivity index (χ0v) is 12.8. The Hall–Kier alpha value is -1.42. The molecule has 20 heavy (non-hydrogen) atoms. The smallest absolute Gasteiger partial charge is 0.145 e. The summed E-state index contributed by atoms with van der Waals surface area (Å²) in [4.78, 5) is 2.39. The first-order valence-electron chi connectivity index (χ1n) is 7.40. The van der Waals surface area contributed by atoms with Gasteiger partial charge in [-0.05, 0) is 37.3 Å². The molecule has 0 radical (unpaired) electrons. The number of hydrogen-bond acceptors (Lipinski definition) is 4. The number of anilines is 1. The maximum atomic E-state index is 6.07. The van der Waals surface area contributed by atoms with E-state index in [1.54, 1.807) is 14.2 Å². The third-order valence-corrected chi connectivity index (χ3v) is 4.17. The van der Waals surface area contributed by atoms with Crippen molar-refractivity contribution in [3.63, 3.8) is 0 Å². The van der Waals surface area contributed by atoms with Crippen molar-refractivity contribution in [3.05, 3.63) is 18.2 Å². The van der Waals surface area contributed by atoms with E-state index in [0.29, 0.717) is 12.0 Å². The minimum absolute atomic E-state index is 0.331. The Kier molecular flexibility index (Phi) is 5.12. The molecule has 1 aliphatic heterocycles. The molecule has 112 valence electrons. The molecule has 0 bridgehead atoms. The van der Waals surface area contributed by atoms with Gasteiger partial charge in [-0.1, -0.05) is 6.92 Å². The Morgan fingerprint density at radius 3 is 2.80 bits per heavy atom. The van der Waals surface area contributed by atoms with E-state index in [1.807, 2.05) is 12.1 Å². The highest BCUT2D eigenvalue weighted by atomic mass is 16.5. The molecule has 4 heteroatoms. The second-order valence-electron chi connectivity index (χ2n) is 5.54. The van der Waals surface area contributed by atoms with Crippen LogP contribution in [0.5, 0.6) is 11.5 Å². The van der Waals surface area contributed by atoms with Crippen LogP contribution in [0.4, 0.5) is 5.69 Å². The molecule has 0 spiro atoms. The summed E-state index contributed by atoms with van der Waals surface area (Å²) in [6, 6.07) is 6.35. The molecule has 0 amide bonds. The number of benzene rings is 1. The molecule has 2 atom stereocenters. The van der Waals surface area contributed by atoms with E-state index >= 15 is 0 Å². The maximum Gasteiger partial charge on any atom is 0.145 e. The average Bonchev–Trinajstić information content (AvgIpc) is 2.94. The molecule has 1 aromatic rings. The molecule has 2 N–H and O–H groups in total. The Morgan fingerprint density at radius 1 is 1.35 bits per heavy atom. The van der Waals surface area contributed by atoms with Crippen molar-refractivity contribution < 1.29 is 9.47 Å². The normalized spacial score (nSPS) is 20.0. The zero-order valence-electron chi connectivity index (χ0n) is 12.8. The van der Waals surface area contributed by atoms with Gasteiger partial charge in [0, 0.05) is 25.2 Å². The number of hydrogen-bond donors (Lipinski definition) is 1. The van der Waals surface area contributed by atoms with Crippen molar-refractivity contribution in [2.45, 2.75) is 32.2 Å². The van der Waals surface area contributed by atoms with E-state index in [0.717, 1.165) is 43.1 Å². The van der Waals surface area contributed by atoms with Crippen LogP contribution in [0.25, 0.3) is 0 Å². The summed E-state index contributed by atoms with van der Waals surface area (Å²) in [5.41, 5.74) is 7.22. The minimum atomic E-state index is 0.331. The van der Waals surface area contributed by atoms with Gasteiger partial charge >= 0.3 is 0 Å². The number of nitrogens with two attached hydrogens (primary N) is 1. The number of ether oxygens (including phenoxy) is 2. The van der Waals surface area contributed by atoms with E-state index in [9.17, 15) is 0 Å². The minimum Gasteiger partial charge on any atom is -0.497 e. The quantitative estimate of drug-likeness (QED) is 0.869. The van der Waals surface area contributed by atoms with Crippen molar-refractivity contribution >= 4 is 5.69 Å². The molecule has 1 aromatic carbocycles. The van der Waals surface area contributed by atoms with Crippen LogP contribution < -0.4 is 20.1 Å². The Labute approximate surface area is 121 Å². The molecule has 0 aromatic heterocycles. The van der Waals surface area contributed by atoms with Crippen LogP contribution in [0.1, 0.15) is 26.2 Å². The fourth-order valence-corrected chi connectivity index (χ4v) is 2.88. The first kappa shape index (κ1) is 15.0. The average molecular weight is 278 g/mol. The highest BCUT2D eigenvalue weighted by Crippen LogP contribution is 2.35. The molecule has 1 heterocycles. The standard InChI is InChI=1S/C16H26N2O2/c1-4-13(17)9-12-7-8-18(11-12)15-6-5-14(19-2)10-16(15)20-3/h5-6,10,12-13H,4,7-9,11,17H2,1-3H3. The molecule has 0 aliphatic carbocycles. The van der Waals surface area contributed by atoms with Gasteiger partial charge in [0.05, 0.1) is 19.9 Å². The fraction of sp³-hybridized carbons (Fsp3) is 0.625. The Bertz CT molecular complexity index is 436. The van der Waals surface area contributed by atoms with Crippen LogP contribution in [0.2, 0.25) is 0 Å². The second-order valence-corrected chi connectivity index (χ2v) is 5.54. The summed E-state index contributed by atoms with van der Waals surface area (Å²) in [6.45, 7) is 4.30. The van der Waals surface area contributed by atoms with Crippen molar-refractivity contribution in [2.24, 2.45) is 11.7 Å².